The minimum Gasteiger partial charge on any atom is -0.385 e. The number of hydrogen-bond acceptors (Lipinski definition) is 3. The number of nitriles is 1. The third-order valence-corrected chi connectivity index (χ3v) is 3.02. The Labute approximate surface area is 105 Å². The molecule has 86 valence electrons. The van der Waals surface area contributed by atoms with Gasteiger partial charge in [0.25, 0.3) is 0 Å². The van der Waals surface area contributed by atoms with E-state index in [-0.39, 0.29) is 0 Å². The molecule has 0 aromatic heterocycles. The molecule has 0 radical (unpaired) electrons. The fraction of sp³-hybridized carbons (Fsp3) is 0.417. The highest BCUT2D eigenvalue weighted by Gasteiger charge is 2.09. The molecule has 0 aliphatic heterocycles. The smallest absolute Gasteiger partial charge is 0.103 e. The van der Waals surface area contributed by atoms with Crippen LogP contribution in [0.5, 0.6) is 0 Å². The van der Waals surface area contributed by atoms with Gasteiger partial charge in [-0.25, -0.2) is 0 Å². The molecule has 16 heavy (non-hydrogen) atoms. The van der Waals surface area contributed by atoms with Gasteiger partial charge in [0.2, 0.25) is 0 Å². The fourth-order valence-corrected chi connectivity index (χ4v) is 1.95. The van der Waals surface area contributed by atoms with Gasteiger partial charge in [0.15, 0.2) is 0 Å². The van der Waals surface area contributed by atoms with Gasteiger partial charge in [0, 0.05) is 31.8 Å². The number of methoxy groups -OCH3 is 1. The van der Waals surface area contributed by atoms with E-state index in [9.17, 15) is 0 Å². The second kappa shape index (κ2) is 6.51. The third kappa shape index (κ3) is 3.22. The molecular weight excluding hydrogens is 268 g/mol. The molecular formula is C12H15BrN2O. The van der Waals surface area contributed by atoms with Crippen LogP contribution in [0.2, 0.25) is 0 Å². The molecule has 1 rings (SSSR count). The Balaban J connectivity index is 2.79. The molecule has 4 heteroatoms. The largest absolute Gasteiger partial charge is 0.385 e. The number of benzene rings is 1. The summed E-state index contributed by atoms with van der Waals surface area (Å²) < 4.78 is 5.85. The lowest BCUT2D eigenvalue weighted by molar-refractivity contribution is 0.196. The number of anilines is 1. The van der Waals surface area contributed by atoms with Gasteiger partial charge in [-0.1, -0.05) is 6.07 Å². The molecule has 0 bridgehead atoms. The average molecular weight is 283 g/mol. The SMILES string of the molecule is COCCCN(C)c1cccc(Br)c1C#N. The Morgan fingerprint density at radius 1 is 1.50 bits per heavy atom. The molecule has 0 saturated heterocycles. The van der Waals surface area contributed by atoms with Crippen molar-refractivity contribution in [1.82, 2.24) is 0 Å². The van der Waals surface area contributed by atoms with Gasteiger partial charge >= 0.3 is 0 Å². The molecule has 0 aliphatic carbocycles. The summed E-state index contributed by atoms with van der Waals surface area (Å²) in [4.78, 5) is 2.07. The number of hydrogen-bond donors (Lipinski definition) is 0. The average Bonchev–Trinajstić information content (AvgIpc) is 2.29. The van der Waals surface area contributed by atoms with Crippen molar-refractivity contribution in [2.24, 2.45) is 0 Å². The van der Waals surface area contributed by atoms with Gasteiger partial charge in [-0.05, 0) is 34.5 Å². The molecule has 1 aromatic rings. The van der Waals surface area contributed by atoms with Crippen LogP contribution in [0, 0.1) is 11.3 Å². The minimum absolute atomic E-state index is 0.683. The van der Waals surface area contributed by atoms with Crippen LogP contribution in [-0.4, -0.2) is 27.3 Å². The molecule has 0 aliphatic rings. The van der Waals surface area contributed by atoms with E-state index in [1.165, 1.54) is 0 Å². The van der Waals surface area contributed by atoms with Crippen LogP contribution in [0.25, 0.3) is 0 Å². The van der Waals surface area contributed by atoms with Crippen molar-refractivity contribution in [2.75, 3.05) is 32.2 Å². The zero-order chi connectivity index (χ0) is 12.0. The van der Waals surface area contributed by atoms with Crippen LogP contribution in [0.1, 0.15) is 12.0 Å². The molecule has 0 saturated carbocycles. The lowest BCUT2D eigenvalue weighted by atomic mass is 10.2. The van der Waals surface area contributed by atoms with Gasteiger partial charge in [-0.2, -0.15) is 5.26 Å². The highest BCUT2D eigenvalue weighted by Crippen LogP contribution is 2.26. The molecule has 0 heterocycles. The highest BCUT2D eigenvalue weighted by atomic mass is 79.9. The topological polar surface area (TPSA) is 36.3 Å². The van der Waals surface area contributed by atoms with E-state index in [1.54, 1.807) is 7.11 Å². The standard InChI is InChI=1S/C12H15BrN2O/c1-15(7-4-8-16-2)12-6-3-5-11(13)10(12)9-14/h3,5-6H,4,7-8H2,1-2H3. The summed E-state index contributed by atoms with van der Waals surface area (Å²) in [6.45, 7) is 1.61. The zero-order valence-electron chi connectivity index (χ0n) is 9.53. The zero-order valence-corrected chi connectivity index (χ0v) is 11.1. The fourth-order valence-electron chi connectivity index (χ4n) is 1.51. The van der Waals surface area contributed by atoms with E-state index in [2.05, 4.69) is 26.9 Å². The van der Waals surface area contributed by atoms with Crippen molar-refractivity contribution in [3.05, 3.63) is 28.2 Å². The lowest BCUT2D eigenvalue weighted by Gasteiger charge is -2.20. The maximum absolute atomic E-state index is 9.09. The van der Waals surface area contributed by atoms with Gasteiger partial charge in [-0.15, -0.1) is 0 Å². The molecule has 0 spiro atoms. The monoisotopic (exact) mass is 282 g/mol. The Morgan fingerprint density at radius 3 is 2.88 bits per heavy atom. The second-order valence-corrected chi connectivity index (χ2v) is 4.37. The predicted octanol–water partition coefficient (Wildman–Crippen LogP) is 2.79. The lowest BCUT2D eigenvalue weighted by Crippen LogP contribution is -2.20. The quantitative estimate of drug-likeness (QED) is 0.780. The van der Waals surface area contributed by atoms with Gasteiger partial charge < -0.3 is 9.64 Å². The number of rotatable bonds is 5. The Bertz CT molecular complexity index is 387. The molecule has 0 fully saturated rings. The normalized spacial score (nSPS) is 9.88. The minimum atomic E-state index is 0.683. The van der Waals surface area contributed by atoms with Crippen molar-refractivity contribution >= 4 is 21.6 Å². The van der Waals surface area contributed by atoms with Crippen LogP contribution in [-0.2, 0) is 4.74 Å². The summed E-state index contributed by atoms with van der Waals surface area (Å²) in [5, 5.41) is 9.09. The van der Waals surface area contributed by atoms with E-state index >= 15 is 0 Å². The summed E-state index contributed by atoms with van der Waals surface area (Å²) in [6, 6.07) is 7.99. The summed E-state index contributed by atoms with van der Waals surface area (Å²) in [5.41, 5.74) is 1.63. The Kier molecular flexibility index (Phi) is 5.30. The van der Waals surface area contributed by atoms with Gasteiger partial charge in [-0.3, -0.25) is 0 Å². The summed E-state index contributed by atoms with van der Waals surface area (Å²) in [7, 11) is 3.68. The maximum atomic E-state index is 9.09. The predicted molar refractivity (Wildman–Crippen MR) is 68.6 cm³/mol. The Hall–Kier alpha value is -1.05. The number of nitrogens with zero attached hydrogens (tertiary/aromatic N) is 2. The van der Waals surface area contributed by atoms with Crippen LogP contribution in [0.4, 0.5) is 5.69 Å². The second-order valence-electron chi connectivity index (χ2n) is 3.51. The van der Waals surface area contributed by atoms with Crippen molar-refractivity contribution in [1.29, 1.82) is 5.26 Å². The molecule has 0 N–H and O–H groups in total. The Morgan fingerprint density at radius 2 is 2.25 bits per heavy atom. The van der Waals surface area contributed by atoms with Crippen LogP contribution < -0.4 is 4.90 Å². The van der Waals surface area contributed by atoms with Crippen LogP contribution in [0.3, 0.4) is 0 Å². The molecule has 1 aromatic carbocycles. The number of ether oxygens (including phenoxy) is 1. The summed E-state index contributed by atoms with van der Waals surface area (Å²) in [5.74, 6) is 0. The van der Waals surface area contributed by atoms with Crippen molar-refractivity contribution in [3.8, 4) is 6.07 Å². The van der Waals surface area contributed by atoms with E-state index in [0.717, 1.165) is 29.7 Å². The maximum Gasteiger partial charge on any atom is 0.103 e. The third-order valence-electron chi connectivity index (χ3n) is 2.36. The molecule has 3 nitrogen and oxygen atoms in total. The van der Waals surface area contributed by atoms with Crippen molar-refractivity contribution < 1.29 is 4.74 Å². The first-order valence-corrected chi connectivity index (χ1v) is 5.88. The summed E-state index contributed by atoms with van der Waals surface area (Å²) >= 11 is 3.38. The van der Waals surface area contributed by atoms with Crippen molar-refractivity contribution in [3.63, 3.8) is 0 Å². The molecule has 0 amide bonds. The first-order valence-electron chi connectivity index (χ1n) is 5.09. The number of halogens is 1. The van der Waals surface area contributed by atoms with Crippen molar-refractivity contribution in [2.45, 2.75) is 6.42 Å². The van der Waals surface area contributed by atoms with E-state index in [1.807, 2.05) is 25.2 Å². The van der Waals surface area contributed by atoms with Gasteiger partial charge in [0.1, 0.15) is 6.07 Å². The molecule has 0 unspecified atom stereocenters. The molecule has 0 atom stereocenters. The highest BCUT2D eigenvalue weighted by molar-refractivity contribution is 9.10. The van der Waals surface area contributed by atoms with E-state index in [4.69, 9.17) is 10.00 Å². The summed E-state index contributed by atoms with van der Waals surface area (Å²) in [6.07, 6.45) is 0.949. The first-order chi connectivity index (χ1) is 7.70. The van der Waals surface area contributed by atoms with E-state index in [0.29, 0.717) is 5.56 Å². The van der Waals surface area contributed by atoms with Crippen LogP contribution in [0.15, 0.2) is 22.7 Å². The van der Waals surface area contributed by atoms with Gasteiger partial charge in [0.05, 0.1) is 11.3 Å². The first kappa shape index (κ1) is 13.0. The van der Waals surface area contributed by atoms with E-state index < -0.39 is 0 Å². The van der Waals surface area contributed by atoms with Crippen LogP contribution >= 0.6 is 15.9 Å².